The average Bonchev–Trinajstić information content (AvgIpc) is 3.15. The van der Waals surface area contributed by atoms with Crippen LogP contribution in [0.1, 0.15) is 12.0 Å². The van der Waals surface area contributed by atoms with Gasteiger partial charge in [-0.3, -0.25) is 14.2 Å². The molecule has 9 nitrogen and oxygen atoms in total. The van der Waals surface area contributed by atoms with Gasteiger partial charge in [-0.25, -0.2) is 14.2 Å². The highest BCUT2D eigenvalue weighted by molar-refractivity contribution is 7.80. The molecule has 0 aliphatic heterocycles. The molecule has 0 saturated heterocycles. The van der Waals surface area contributed by atoms with Crippen molar-refractivity contribution in [2.75, 3.05) is 5.32 Å². The summed E-state index contributed by atoms with van der Waals surface area (Å²) in [4.78, 5) is 42.4. The summed E-state index contributed by atoms with van der Waals surface area (Å²) in [5.41, 5.74) is -1.93. The number of nitrogens with zero attached hydrogens (tertiary/aromatic N) is 2. The van der Waals surface area contributed by atoms with Gasteiger partial charge in [0.2, 0.25) is 5.91 Å². The molecule has 0 fully saturated rings. The van der Waals surface area contributed by atoms with Crippen molar-refractivity contribution >= 4 is 40.7 Å². The van der Waals surface area contributed by atoms with Gasteiger partial charge in [0, 0.05) is 18.0 Å². The van der Waals surface area contributed by atoms with Gasteiger partial charge in [0.15, 0.2) is 16.7 Å². The van der Waals surface area contributed by atoms with Gasteiger partial charge in [-0.15, -0.1) is 37.1 Å². The molecule has 15 heteroatoms. The Hall–Kier alpha value is -3.46. The molecule has 0 saturated carbocycles. The Morgan fingerprint density at radius 2 is 2.06 bits per heavy atom. The first-order chi connectivity index (χ1) is 15.4. The van der Waals surface area contributed by atoms with E-state index in [0.717, 1.165) is 28.0 Å². The van der Waals surface area contributed by atoms with Crippen molar-refractivity contribution in [2.45, 2.75) is 17.8 Å². The minimum Gasteiger partial charge on any atom is -0.403 e. The highest BCUT2D eigenvalue weighted by Gasteiger charge is 2.32. The van der Waals surface area contributed by atoms with Gasteiger partial charge in [-0.05, 0) is 18.2 Å². The van der Waals surface area contributed by atoms with E-state index in [1.54, 1.807) is 0 Å². The number of aromatic nitrogens is 3. The molecular weight excluding hydrogens is 490 g/mol. The van der Waals surface area contributed by atoms with Crippen LogP contribution in [0.15, 0.2) is 38.2 Å². The number of hydrogen-bond donors (Lipinski definition) is 4. The molecule has 174 valence electrons. The Balaban J connectivity index is 1.74. The Morgan fingerprint density at radius 1 is 1.36 bits per heavy atom. The standard InChI is InChI=1S/C18H13F4N5O4S2/c1-27-15(29)13(14(32)26-17(27)30)9(23)5-12(28)25-16-24-10(6-33-16)7-2-3-8(19)11(4-7)31-18(20,21)22/h2-4,6,23,32H,5H2,1H3,(H,26,30)(H,24,25,28). The molecule has 0 aliphatic rings. The number of nitrogens with one attached hydrogen (secondary N) is 3. The third-order valence-corrected chi connectivity index (χ3v) is 5.22. The van der Waals surface area contributed by atoms with E-state index in [4.69, 9.17) is 5.41 Å². The molecule has 1 amide bonds. The van der Waals surface area contributed by atoms with Crippen LogP contribution in [0.3, 0.4) is 0 Å². The summed E-state index contributed by atoms with van der Waals surface area (Å²) in [7, 11) is 1.20. The fraction of sp³-hybridized carbons (Fsp3) is 0.167. The maximum atomic E-state index is 13.6. The van der Waals surface area contributed by atoms with E-state index in [2.05, 4.69) is 32.7 Å². The molecule has 0 atom stereocenters. The molecule has 3 aromatic rings. The SMILES string of the molecule is Cn1c(=O)[nH]c(S)c(C(=N)CC(=O)Nc2nc(-c3ccc(F)c(OC(F)(F)F)c3)cs2)c1=O. The second kappa shape index (κ2) is 9.19. The van der Waals surface area contributed by atoms with Crippen LogP contribution in [0.2, 0.25) is 0 Å². The number of thiazole rings is 1. The zero-order chi connectivity index (χ0) is 24.5. The number of aromatic amines is 1. The van der Waals surface area contributed by atoms with Gasteiger partial charge >= 0.3 is 12.1 Å². The number of thiol groups is 1. The van der Waals surface area contributed by atoms with Gasteiger partial charge in [0.05, 0.1) is 28.4 Å². The molecule has 0 unspecified atom stereocenters. The Labute approximate surface area is 191 Å². The first kappa shape index (κ1) is 24.2. The topological polar surface area (TPSA) is 130 Å². The second-order valence-electron chi connectivity index (χ2n) is 6.45. The fourth-order valence-electron chi connectivity index (χ4n) is 2.62. The van der Waals surface area contributed by atoms with Crippen molar-refractivity contribution in [2.24, 2.45) is 7.05 Å². The number of H-pyrrole nitrogens is 1. The van der Waals surface area contributed by atoms with E-state index in [9.17, 15) is 31.9 Å². The molecule has 3 rings (SSSR count). The van der Waals surface area contributed by atoms with Gasteiger partial charge < -0.3 is 20.4 Å². The summed E-state index contributed by atoms with van der Waals surface area (Å²) in [6.45, 7) is 0. The van der Waals surface area contributed by atoms with Crippen molar-refractivity contribution in [3.05, 3.63) is 55.8 Å². The summed E-state index contributed by atoms with van der Waals surface area (Å²) in [5, 5.41) is 11.7. The molecular formula is C18H13F4N5O4S2. The largest absolute Gasteiger partial charge is 0.573 e. The van der Waals surface area contributed by atoms with E-state index >= 15 is 0 Å². The fourth-order valence-corrected chi connectivity index (χ4v) is 3.68. The minimum absolute atomic E-state index is 0.0471. The third kappa shape index (κ3) is 5.67. The smallest absolute Gasteiger partial charge is 0.403 e. The number of hydrogen-bond acceptors (Lipinski definition) is 8. The van der Waals surface area contributed by atoms with Crippen LogP contribution >= 0.6 is 24.0 Å². The summed E-state index contributed by atoms with van der Waals surface area (Å²) in [5.74, 6) is -2.96. The number of ether oxygens (including phenoxy) is 1. The molecule has 1 aromatic carbocycles. The lowest BCUT2D eigenvalue weighted by molar-refractivity contribution is -0.275. The molecule has 0 aliphatic carbocycles. The zero-order valence-corrected chi connectivity index (χ0v) is 18.1. The lowest BCUT2D eigenvalue weighted by Gasteiger charge is -2.10. The van der Waals surface area contributed by atoms with Crippen LogP contribution in [0.4, 0.5) is 22.7 Å². The molecule has 0 bridgehead atoms. The summed E-state index contributed by atoms with van der Waals surface area (Å²) >= 11 is 4.90. The van der Waals surface area contributed by atoms with Crippen molar-refractivity contribution in [1.82, 2.24) is 14.5 Å². The molecule has 2 heterocycles. The van der Waals surface area contributed by atoms with E-state index in [1.807, 2.05) is 0 Å². The number of alkyl halides is 3. The van der Waals surface area contributed by atoms with Crippen molar-refractivity contribution in [3.8, 4) is 17.0 Å². The Kier molecular flexibility index (Phi) is 6.73. The number of amides is 1. The van der Waals surface area contributed by atoms with E-state index in [-0.39, 0.29) is 27.0 Å². The molecule has 0 spiro atoms. The van der Waals surface area contributed by atoms with Crippen LogP contribution in [0.5, 0.6) is 5.75 Å². The average molecular weight is 503 g/mol. The first-order valence-electron chi connectivity index (χ1n) is 8.77. The van der Waals surface area contributed by atoms with Gasteiger partial charge in [0.1, 0.15) is 0 Å². The summed E-state index contributed by atoms with van der Waals surface area (Å²) < 4.78 is 55.2. The third-order valence-electron chi connectivity index (χ3n) is 4.13. The monoisotopic (exact) mass is 503 g/mol. The van der Waals surface area contributed by atoms with Crippen LogP contribution < -0.4 is 21.3 Å². The number of carbonyl (C=O) groups is 1. The van der Waals surface area contributed by atoms with Gasteiger partial charge in [-0.2, -0.15) is 0 Å². The maximum absolute atomic E-state index is 13.6. The minimum atomic E-state index is -5.08. The molecule has 0 radical (unpaired) electrons. The highest BCUT2D eigenvalue weighted by Crippen LogP contribution is 2.32. The Morgan fingerprint density at radius 3 is 2.73 bits per heavy atom. The lowest BCUT2D eigenvalue weighted by Crippen LogP contribution is -2.37. The summed E-state index contributed by atoms with van der Waals surface area (Å²) in [6, 6.07) is 2.80. The number of rotatable bonds is 6. The van der Waals surface area contributed by atoms with Crippen molar-refractivity contribution in [1.29, 1.82) is 5.41 Å². The predicted molar refractivity (Wildman–Crippen MR) is 114 cm³/mol. The number of benzene rings is 1. The van der Waals surface area contributed by atoms with Gasteiger partial charge in [0.25, 0.3) is 5.56 Å². The number of halogens is 4. The number of anilines is 1. The predicted octanol–water partition coefficient (Wildman–Crippen LogP) is 2.92. The van der Waals surface area contributed by atoms with Crippen molar-refractivity contribution in [3.63, 3.8) is 0 Å². The Bertz CT molecular complexity index is 1360. The number of carbonyl (C=O) groups excluding carboxylic acids is 1. The van der Waals surface area contributed by atoms with Crippen LogP contribution in [0, 0.1) is 11.2 Å². The van der Waals surface area contributed by atoms with E-state index < -0.39 is 47.2 Å². The van der Waals surface area contributed by atoms with E-state index in [1.165, 1.54) is 18.5 Å². The van der Waals surface area contributed by atoms with Crippen LogP contribution in [-0.4, -0.2) is 32.5 Å². The normalized spacial score (nSPS) is 11.3. The van der Waals surface area contributed by atoms with Crippen LogP contribution in [-0.2, 0) is 11.8 Å². The molecule has 3 N–H and O–H groups in total. The van der Waals surface area contributed by atoms with Crippen molar-refractivity contribution < 1.29 is 27.1 Å². The molecule has 33 heavy (non-hydrogen) atoms. The second-order valence-corrected chi connectivity index (χ2v) is 7.76. The molecule has 2 aromatic heterocycles. The van der Waals surface area contributed by atoms with Gasteiger partial charge in [-0.1, -0.05) is 0 Å². The lowest BCUT2D eigenvalue weighted by atomic mass is 10.1. The maximum Gasteiger partial charge on any atom is 0.573 e. The first-order valence-corrected chi connectivity index (χ1v) is 10.1. The highest BCUT2D eigenvalue weighted by atomic mass is 32.1. The zero-order valence-electron chi connectivity index (χ0n) is 16.4. The summed E-state index contributed by atoms with van der Waals surface area (Å²) in [6.07, 6.45) is -5.63. The van der Waals surface area contributed by atoms with E-state index in [0.29, 0.717) is 0 Å². The van der Waals surface area contributed by atoms with Crippen LogP contribution in [0.25, 0.3) is 11.3 Å². The quantitative estimate of drug-likeness (QED) is 0.178.